The highest BCUT2D eigenvalue weighted by Gasteiger charge is 2.40. The van der Waals surface area contributed by atoms with E-state index in [1.165, 1.54) is 6.07 Å². The molecule has 74 valence electrons. The molecule has 0 aromatic carbocycles. The number of halogens is 4. The van der Waals surface area contributed by atoms with E-state index < -0.39 is 18.6 Å². The van der Waals surface area contributed by atoms with Crippen LogP contribution in [0.3, 0.4) is 0 Å². The lowest BCUT2D eigenvalue weighted by atomic mass is 10.1. The molecule has 0 bridgehead atoms. The third kappa shape index (κ3) is 2.69. The fraction of sp³-hybridized carbons (Fsp3) is 0.429. The van der Waals surface area contributed by atoms with Gasteiger partial charge in [0.1, 0.15) is 5.92 Å². The van der Waals surface area contributed by atoms with Crippen molar-refractivity contribution in [3.63, 3.8) is 0 Å². The van der Waals surface area contributed by atoms with Gasteiger partial charge in [-0.2, -0.15) is 13.2 Å². The largest absolute Gasteiger partial charge is 0.397 e. The molecule has 1 aromatic rings. The van der Waals surface area contributed by atoms with Crippen molar-refractivity contribution in [1.82, 2.24) is 0 Å². The minimum absolute atomic E-state index is 0.252. The second-order valence-electron chi connectivity index (χ2n) is 2.50. The summed E-state index contributed by atoms with van der Waals surface area (Å²) in [6.07, 6.45) is -4.25. The summed E-state index contributed by atoms with van der Waals surface area (Å²) in [5.41, 5.74) is 5.07. The maximum atomic E-state index is 12.3. The van der Waals surface area contributed by atoms with Gasteiger partial charge >= 0.3 is 6.18 Å². The third-order valence-electron chi connectivity index (χ3n) is 1.56. The Morgan fingerprint density at radius 3 is 2.46 bits per heavy atom. The Kier molecular flexibility index (Phi) is 3.37. The molecule has 0 aliphatic carbocycles. The molecule has 6 heteroatoms. The van der Waals surface area contributed by atoms with E-state index in [0.717, 1.165) is 11.3 Å². The lowest BCUT2D eigenvalue weighted by Crippen LogP contribution is -2.27. The first-order valence-corrected chi connectivity index (χ1v) is 5.13. The second-order valence-corrected chi connectivity index (χ2v) is 4.36. The van der Waals surface area contributed by atoms with Gasteiger partial charge in [-0.15, -0.1) is 11.3 Å². The molecule has 0 amide bonds. The van der Waals surface area contributed by atoms with Crippen molar-refractivity contribution in [3.8, 4) is 0 Å². The Labute approximate surface area is 85.9 Å². The average molecular weight is 274 g/mol. The maximum absolute atomic E-state index is 12.3. The van der Waals surface area contributed by atoms with Crippen molar-refractivity contribution >= 4 is 27.3 Å². The predicted octanol–water partition coefficient (Wildman–Crippen LogP) is 3.12. The van der Waals surface area contributed by atoms with Crippen molar-refractivity contribution in [2.75, 3.05) is 6.54 Å². The summed E-state index contributed by atoms with van der Waals surface area (Å²) in [6, 6.07) is 1.45. The third-order valence-corrected chi connectivity index (χ3v) is 3.37. The Bertz CT molecular complexity index is 284. The summed E-state index contributed by atoms with van der Waals surface area (Å²) in [5, 5.41) is 1.61. The van der Waals surface area contributed by atoms with Crippen LogP contribution in [0.5, 0.6) is 0 Å². The van der Waals surface area contributed by atoms with E-state index in [1.807, 2.05) is 0 Å². The molecule has 0 spiro atoms. The Morgan fingerprint density at radius 2 is 2.15 bits per heavy atom. The van der Waals surface area contributed by atoms with E-state index >= 15 is 0 Å². The average Bonchev–Trinajstić information content (AvgIpc) is 2.34. The van der Waals surface area contributed by atoms with Gasteiger partial charge in [0.05, 0.1) is 0 Å². The molecular weight excluding hydrogens is 267 g/mol. The highest BCUT2D eigenvalue weighted by Crippen LogP contribution is 2.37. The van der Waals surface area contributed by atoms with Gasteiger partial charge in [-0.05, 0) is 22.0 Å². The quantitative estimate of drug-likeness (QED) is 0.881. The topological polar surface area (TPSA) is 26.0 Å². The van der Waals surface area contributed by atoms with Gasteiger partial charge in [0.2, 0.25) is 0 Å². The SMILES string of the molecule is NCC(c1cc(Br)cs1)C(F)(F)F. The molecule has 2 N–H and O–H groups in total. The first-order valence-electron chi connectivity index (χ1n) is 3.46. The molecule has 1 nitrogen and oxygen atoms in total. The summed E-state index contributed by atoms with van der Waals surface area (Å²) < 4.78 is 37.6. The van der Waals surface area contributed by atoms with Crippen LogP contribution < -0.4 is 5.73 Å². The van der Waals surface area contributed by atoms with Crippen molar-refractivity contribution in [2.24, 2.45) is 5.73 Å². The molecule has 1 heterocycles. The number of nitrogens with two attached hydrogens (primary N) is 1. The first-order chi connectivity index (χ1) is 5.95. The van der Waals surface area contributed by atoms with E-state index in [0.29, 0.717) is 4.47 Å². The van der Waals surface area contributed by atoms with E-state index in [2.05, 4.69) is 15.9 Å². The first kappa shape index (κ1) is 11.0. The van der Waals surface area contributed by atoms with Crippen LogP contribution >= 0.6 is 27.3 Å². The van der Waals surface area contributed by atoms with Gasteiger partial charge in [-0.1, -0.05) is 0 Å². The van der Waals surface area contributed by atoms with Crippen LogP contribution in [-0.2, 0) is 0 Å². The van der Waals surface area contributed by atoms with Gasteiger partial charge in [-0.25, -0.2) is 0 Å². The molecule has 1 rings (SSSR count). The Morgan fingerprint density at radius 1 is 1.54 bits per heavy atom. The van der Waals surface area contributed by atoms with Crippen LogP contribution in [0.4, 0.5) is 13.2 Å². The van der Waals surface area contributed by atoms with E-state index in [4.69, 9.17) is 5.73 Å². The summed E-state index contributed by atoms with van der Waals surface area (Å²) in [7, 11) is 0. The summed E-state index contributed by atoms with van der Waals surface area (Å²) in [4.78, 5) is 0.252. The molecule has 0 aliphatic rings. The zero-order valence-corrected chi connectivity index (χ0v) is 8.84. The molecule has 1 unspecified atom stereocenters. The van der Waals surface area contributed by atoms with Gasteiger partial charge in [0.15, 0.2) is 0 Å². The number of thiophene rings is 1. The molecule has 0 saturated carbocycles. The van der Waals surface area contributed by atoms with E-state index in [9.17, 15) is 13.2 Å². The number of hydrogen-bond acceptors (Lipinski definition) is 2. The molecule has 0 saturated heterocycles. The van der Waals surface area contributed by atoms with Crippen LogP contribution in [0.1, 0.15) is 10.8 Å². The van der Waals surface area contributed by atoms with Crippen LogP contribution in [-0.4, -0.2) is 12.7 Å². The summed E-state index contributed by atoms with van der Waals surface area (Å²) >= 11 is 4.16. The van der Waals surface area contributed by atoms with E-state index in [-0.39, 0.29) is 4.88 Å². The minimum atomic E-state index is -4.25. The fourth-order valence-electron chi connectivity index (χ4n) is 0.922. The molecule has 13 heavy (non-hydrogen) atoms. The van der Waals surface area contributed by atoms with Gasteiger partial charge in [0.25, 0.3) is 0 Å². The zero-order valence-electron chi connectivity index (χ0n) is 6.44. The maximum Gasteiger partial charge on any atom is 0.397 e. The molecule has 1 atom stereocenters. The Hall–Kier alpha value is -0.0700. The molecule has 0 radical (unpaired) electrons. The smallest absolute Gasteiger partial charge is 0.329 e. The zero-order chi connectivity index (χ0) is 10.1. The Balaban J connectivity index is 2.91. The molecule has 0 aliphatic heterocycles. The fourth-order valence-corrected chi connectivity index (χ4v) is 2.51. The molecular formula is C7H7BrF3NS. The van der Waals surface area contributed by atoms with Crippen LogP contribution in [0.2, 0.25) is 0 Å². The van der Waals surface area contributed by atoms with Crippen molar-refractivity contribution < 1.29 is 13.2 Å². The lowest BCUT2D eigenvalue weighted by molar-refractivity contribution is -0.147. The second kappa shape index (κ2) is 3.98. The van der Waals surface area contributed by atoms with Crippen molar-refractivity contribution in [1.29, 1.82) is 0 Å². The summed E-state index contributed by atoms with van der Waals surface area (Å²) in [6.45, 7) is -0.406. The monoisotopic (exact) mass is 273 g/mol. The van der Waals surface area contributed by atoms with Gasteiger partial charge in [-0.3, -0.25) is 0 Å². The van der Waals surface area contributed by atoms with Crippen LogP contribution in [0.15, 0.2) is 15.9 Å². The highest BCUT2D eigenvalue weighted by molar-refractivity contribution is 9.10. The van der Waals surface area contributed by atoms with Crippen molar-refractivity contribution in [2.45, 2.75) is 12.1 Å². The lowest BCUT2D eigenvalue weighted by Gasteiger charge is -2.16. The van der Waals surface area contributed by atoms with E-state index in [1.54, 1.807) is 5.38 Å². The minimum Gasteiger partial charge on any atom is -0.329 e. The van der Waals surface area contributed by atoms with Crippen molar-refractivity contribution in [3.05, 3.63) is 20.8 Å². The summed E-state index contributed by atoms with van der Waals surface area (Å²) in [5.74, 6) is -1.54. The highest BCUT2D eigenvalue weighted by atomic mass is 79.9. The van der Waals surface area contributed by atoms with Crippen LogP contribution in [0.25, 0.3) is 0 Å². The van der Waals surface area contributed by atoms with Gasteiger partial charge in [0, 0.05) is 21.3 Å². The molecule has 0 fully saturated rings. The van der Waals surface area contributed by atoms with Gasteiger partial charge < -0.3 is 5.73 Å². The standard InChI is InChI=1S/C7H7BrF3NS/c8-4-1-6(13-3-4)5(2-12)7(9,10)11/h1,3,5H,2,12H2. The number of rotatable bonds is 2. The number of hydrogen-bond donors (Lipinski definition) is 1. The number of alkyl halides is 3. The molecule has 1 aromatic heterocycles. The van der Waals surface area contributed by atoms with Crippen LogP contribution in [0, 0.1) is 0 Å². The normalized spacial score (nSPS) is 14.5. The predicted molar refractivity (Wildman–Crippen MR) is 49.9 cm³/mol.